The Morgan fingerprint density at radius 2 is 1.81 bits per heavy atom. The summed E-state index contributed by atoms with van der Waals surface area (Å²) in [4.78, 5) is 50.2. The number of rotatable bonds is 11. The summed E-state index contributed by atoms with van der Waals surface area (Å²) < 4.78 is 11.4. The molecule has 2 N–H and O–H groups in total. The first-order chi connectivity index (χ1) is 14.6. The number of hydrogen-bond donors (Lipinski definition) is 2. The molecule has 2 rings (SSSR count). The molecule has 2 fully saturated rings. The van der Waals surface area contributed by atoms with Crippen molar-refractivity contribution in [2.45, 2.75) is 38.3 Å². The number of thioether (sulfide) groups is 2. The van der Waals surface area contributed by atoms with Crippen LogP contribution in [0, 0.1) is 5.92 Å². The Hall–Kier alpha value is -1.83. The molecule has 0 aromatic carbocycles. The quantitative estimate of drug-likeness (QED) is 0.238. The van der Waals surface area contributed by atoms with E-state index in [1.807, 2.05) is 0 Å². The lowest BCUT2D eigenvalue weighted by atomic mass is 9.91. The second kappa shape index (κ2) is 11.2. The minimum Gasteiger partial charge on any atom is -0.479 e. The SMILES string of the molecule is CC(=O)OCCN(CCOC(C)=O)C(SC=S)=C1SC2[C@@H]([C@@H](C)O)C(=O)N2C1C(=O)O. The summed E-state index contributed by atoms with van der Waals surface area (Å²) in [5, 5.41) is 19.7. The van der Waals surface area contributed by atoms with E-state index in [1.165, 1.54) is 42.1 Å². The fraction of sp³-hybridized carbons (Fsp3) is 0.611. The monoisotopic (exact) mass is 492 g/mol. The lowest BCUT2D eigenvalue weighted by molar-refractivity contribution is -0.165. The van der Waals surface area contributed by atoms with Crippen molar-refractivity contribution >= 4 is 64.3 Å². The molecule has 2 aliphatic heterocycles. The molecule has 0 saturated carbocycles. The van der Waals surface area contributed by atoms with Gasteiger partial charge in [-0.1, -0.05) is 35.7 Å². The van der Waals surface area contributed by atoms with Crippen molar-refractivity contribution in [3.63, 3.8) is 0 Å². The summed E-state index contributed by atoms with van der Waals surface area (Å²) in [5.74, 6) is -3.26. The molecule has 0 aromatic rings. The minimum absolute atomic E-state index is 0.0228. The number of thiocarbonyl (C=S) groups is 1. The van der Waals surface area contributed by atoms with Crippen LogP contribution in [-0.4, -0.2) is 92.4 Å². The van der Waals surface area contributed by atoms with E-state index in [-0.39, 0.29) is 26.3 Å². The number of fused-ring (bicyclic) bond motifs is 1. The van der Waals surface area contributed by atoms with Crippen molar-refractivity contribution in [3.05, 3.63) is 9.93 Å². The Balaban J connectivity index is 2.40. The average molecular weight is 493 g/mol. The molecule has 10 nitrogen and oxygen atoms in total. The molecule has 2 aliphatic rings. The van der Waals surface area contributed by atoms with Gasteiger partial charge in [0, 0.05) is 18.5 Å². The molecule has 0 aromatic heterocycles. The molecule has 2 saturated heterocycles. The van der Waals surface area contributed by atoms with Crippen LogP contribution in [0.15, 0.2) is 9.93 Å². The number of aliphatic hydroxyl groups excluding tert-OH is 1. The van der Waals surface area contributed by atoms with Gasteiger partial charge in [0.25, 0.3) is 0 Å². The zero-order valence-electron chi connectivity index (χ0n) is 17.2. The number of carboxylic acids is 1. The highest BCUT2D eigenvalue weighted by Gasteiger charge is 2.61. The van der Waals surface area contributed by atoms with Crippen LogP contribution in [0.5, 0.6) is 0 Å². The molecule has 31 heavy (non-hydrogen) atoms. The van der Waals surface area contributed by atoms with Crippen LogP contribution >= 0.6 is 35.7 Å². The molecule has 0 aliphatic carbocycles. The maximum atomic E-state index is 12.5. The second-order valence-electron chi connectivity index (χ2n) is 6.81. The van der Waals surface area contributed by atoms with E-state index in [9.17, 15) is 29.4 Å². The fourth-order valence-electron chi connectivity index (χ4n) is 3.33. The molecule has 2 unspecified atom stereocenters. The number of β-lactam (4-membered cyclic amide) rings is 1. The Morgan fingerprint density at radius 3 is 2.23 bits per heavy atom. The summed E-state index contributed by atoms with van der Waals surface area (Å²) in [6, 6.07) is -1.22. The number of aliphatic hydroxyl groups is 1. The fourth-order valence-corrected chi connectivity index (χ4v) is 6.20. The summed E-state index contributed by atoms with van der Waals surface area (Å²) >= 11 is 7.27. The van der Waals surface area contributed by atoms with Crippen LogP contribution in [0.1, 0.15) is 20.8 Å². The van der Waals surface area contributed by atoms with E-state index in [1.54, 1.807) is 4.90 Å². The van der Waals surface area contributed by atoms with Crippen molar-refractivity contribution in [1.82, 2.24) is 9.80 Å². The third kappa shape index (κ3) is 5.90. The number of esters is 2. The van der Waals surface area contributed by atoms with Crippen LogP contribution < -0.4 is 0 Å². The molecule has 0 radical (unpaired) electrons. The highest BCUT2D eigenvalue weighted by Crippen LogP contribution is 2.53. The van der Waals surface area contributed by atoms with Crippen molar-refractivity contribution < 1.29 is 38.9 Å². The van der Waals surface area contributed by atoms with Gasteiger partial charge in [-0.15, -0.1) is 0 Å². The van der Waals surface area contributed by atoms with Crippen molar-refractivity contribution in [2.75, 3.05) is 26.3 Å². The van der Waals surface area contributed by atoms with Gasteiger partial charge in [-0.3, -0.25) is 14.4 Å². The largest absolute Gasteiger partial charge is 0.479 e. The Labute approximate surface area is 193 Å². The lowest BCUT2D eigenvalue weighted by Crippen LogP contribution is -2.63. The van der Waals surface area contributed by atoms with Gasteiger partial charge in [-0.05, 0) is 6.92 Å². The summed E-state index contributed by atoms with van der Waals surface area (Å²) in [5.41, 5.74) is 0. The zero-order chi connectivity index (χ0) is 23.3. The molecule has 13 heteroatoms. The van der Waals surface area contributed by atoms with Crippen LogP contribution in [0.3, 0.4) is 0 Å². The topological polar surface area (TPSA) is 134 Å². The minimum atomic E-state index is -1.22. The molecule has 172 valence electrons. The van der Waals surface area contributed by atoms with Crippen molar-refractivity contribution in [3.8, 4) is 0 Å². The number of nitrogens with zero attached hydrogens (tertiary/aromatic N) is 2. The van der Waals surface area contributed by atoms with Crippen LogP contribution in [0.4, 0.5) is 0 Å². The number of hydrogen-bond acceptors (Lipinski definition) is 11. The smallest absolute Gasteiger partial charge is 0.331 e. The van der Waals surface area contributed by atoms with E-state index < -0.39 is 47.3 Å². The molecule has 0 bridgehead atoms. The van der Waals surface area contributed by atoms with Crippen molar-refractivity contribution in [2.24, 2.45) is 5.92 Å². The molecule has 1 amide bonds. The predicted octanol–water partition coefficient (Wildman–Crippen LogP) is 0.639. The van der Waals surface area contributed by atoms with E-state index in [0.29, 0.717) is 9.93 Å². The molecular weight excluding hydrogens is 468 g/mol. The summed E-state index contributed by atoms with van der Waals surface area (Å²) in [6.45, 7) is 4.48. The van der Waals surface area contributed by atoms with Crippen molar-refractivity contribution in [1.29, 1.82) is 0 Å². The summed E-state index contributed by atoms with van der Waals surface area (Å²) in [7, 11) is 0. The standard InChI is InChI=1S/C18H24N2O8S3/c1-9(21)12-15(24)20-13(18(25)26)14(31-16(12)20)17(30-8-29)19(4-6-27-10(2)22)5-7-28-11(3)23/h8-9,12-13,16,21H,4-7H2,1-3H3,(H,25,26)/t9-,12+,13?,16?/m1/s1. The number of aliphatic carboxylic acids is 1. The van der Waals surface area contributed by atoms with Gasteiger partial charge >= 0.3 is 17.9 Å². The average Bonchev–Trinajstić information content (AvgIpc) is 2.99. The maximum Gasteiger partial charge on any atom is 0.331 e. The van der Waals surface area contributed by atoms with Crippen LogP contribution in [0.25, 0.3) is 0 Å². The molecule has 0 spiro atoms. The highest BCUT2D eigenvalue weighted by molar-refractivity contribution is 8.23. The first kappa shape index (κ1) is 25.4. The predicted molar refractivity (Wildman–Crippen MR) is 118 cm³/mol. The third-order valence-corrected chi connectivity index (χ3v) is 7.29. The number of carboxylic acid groups (broad SMARTS) is 1. The Bertz CT molecular complexity index is 768. The van der Waals surface area contributed by atoms with Gasteiger partial charge in [0.2, 0.25) is 5.91 Å². The van der Waals surface area contributed by atoms with E-state index in [0.717, 1.165) is 11.8 Å². The first-order valence-corrected chi connectivity index (χ1v) is 11.6. The first-order valence-electron chi connectivity index (χ1n) is 9.36. The van der Waals surface area contributed by atoms with Gasteiger partial charge in [0.05, 0.1) is 40.4 Å². The van der Waals surface area contributed by atoms with E-state index >= 15 is 0 Å². The van der Waals surface area contributed by atoms with Gasteiger partial charge < -0.3 is 29.5 Å². The maximum absolute atomic E-state index is 12.5. The number of carbonyl (C=O) groups excluding carboxylic acids is 3. The zero-order valence-corrected chi connectivity index (χ0v) is 19.6. The lowest BCUT2D eigenvalue weighted by Gasteiger charge is -2.44. The third-order valence-electron chi connectivity index (χ3n) is 4.64. The van der Waals surface area contributed by atoms with Gasteiger partial charge in [-0.25, -0.2) is 4.79 Å². The number of ether oxygens (including phenoxy) is 2. The van der Waals surface area contributed by atoms with Gasteiger partial charge in [0.1, 0.15) is 13.2 Å². The normalized spacial score (nSPS) is 24.6. The van der Waals surface area contributed by atoms with Gasteiger partial charge in [0.15, 0.2) is 6.04 Å². The van der Waals surface area contributed by atoms with Crippen LogP contribution in [-0.2, 0) is 28.7 Å². The molecule has 4 atom stereocenters. The van der Waals surface area contributed by atoms with Gasteiger partial charge in [-0.2, -0.15) is 0 Å². The van der Waals surface area contributed by atoms with Crippen LogP contribution in [0.2, 0.25) is 0 Å². The molecular formula is C18H24N2O8S3. The number of carbonyl (C=O) groups is 4. The second-order valence-corrected chi connectivity index (χ2v) is 9.36. The van der Waals surface area contributed by atoms with E-state index in [4.69, 9.17) is 21.7 Å². The molecule has 2 heterocycles. The summed E-state index contributed by atoms with van der Waals surface area (Å²) in [6.07, 6.45) is -0.916. The highest BCUT2D eigenvalue weighted by atomic mass is 32.2. The number of amides is 1. The Kier molecular flexibility index (Phi) is 9.15. The Morgan fingerprint density at radius 1 is 1.26 bits per heavy atom. The van der Waals surface area contributed by atoms with E-state index in [2.05, 4.69) is 0 Å².